The molecule has 2 aliphatic rings. The van der Waals surface area contributed by atoms with Crippen molar-refractivity contribution in [1.29, 1.82) is 0 Å². The van der Waals surface area contributed by atoms with E-state index in [2.05, 4.69) is 24.8 Å². The fourth-order valence-electron chi connectivity index (χ4n) is 3.14. The van der Waals surface area contributed by atoms with Gasteiger partial charge >= 0.3 is 0 Å². The van der Waals surface area contributed by atoms with Crippen molar-refractivity contribution >= 4 is 22.2 Å². The van der Waals surface area contributed by atoms with Crippen molar-refractivity contribution in [3.05, 3.63) is 16.5 Å². The highest BCUT2D eigenvalue weighted by Crippen LogP contribution is 2.39. The first-order valence-electron chi connectivity index (χ1n) is 8.39. The van der Waals surface area contributed by atoms with Gasteiger partial charge in [-0.2, -0.15) is 0 Å². The van der Waals surface area contributed by atoms with Crippen molar-refractivity contribution in [2.24, 2.45) is 5.92 Å². The van der Waals surface area contributed by atoms with Crippen LogP contribution in [0.5, 0.6) is 0 Å². The van der Waals surface area contributed by atoms with Crippen LogP contribution in [0.1, 0.15) is 54.8 Å². The average molecular weight is 306 g/mol. The summed E-state index contributed by atoms with van der Waals surface area (Å²) >= 11 is 1.73. The van der Waals surface area contributed by atoms with Gasteiger partial charge in [0.25, 0.3) is 5.91 Å². The number of fused-ring (bicyclic) bond motifs is 1. The SMILES string of the molecule is CCN(CC)C(=O)c1cc2c(s1)N(CC1CC1)CCCC2. The highest BCUT2D eigenvalue weighted by atomic mass is 32.1. The first-order chi connectivity index (χ1) is 10.2. The van der Waals surface area contributed by atoms with Gasteiger partial charge in [0.1, 0.15) is 0 Å². The number of rotatable bonds is 5. The minimum absolute atomic E-state index is 0.212. The molecule has 0 saturated heterocycles. The normalized spacial score (nSPS) is 18.3. The van der Waals surface area contributed by atoms with Crippen molar-refractivity contribution in [2.75, 3.05) is 31.1 Å². The Bertz CT molecular complexity index is 503. The van der Waals surface area contributed by atoms with Crippen LogP contribution in [0.3, 0.4) is 0 Å². The Morgan fingerprint density at radius 1 is 1.33 bits per heavy atom. The van der Waals surface area contributed by atoms with Crippen LogP contribution in [0.2, 0.25) is 0 Å². The second-order valence-corrected chi connectivity index (χ2v) is 7.30. The van der Waals surface area contributed by atoms with Crippen molar-refractivity contribution in [2.45, 2.75) is 46.0 Å². The van der Waals surface area contributed by atoms with Gasteiger partial charge < -0.3 is 9.80 Å². The molecule has 1 aromatic heterocycles. The zero-order valence-electron chi connectivity index (χ0n) is 13.2. The number of hydrogen-bond donors (Lipinski definition) is 0. The molecule has 116 valence electrons. The van der Waals surface area contributed by atoms with E-state index in [4.69, 9.17) is 0 Å². The molecule has 3 rings (SSSR count). The summed E-state index contributed by atoms with van der Waals surface area (Å²) in [5.41, 5.74) is 1.41. The molecule has 0 aromatic carbocycles. The fourth-order valence-corrected chi connectivity index (χ4v) is 4.36. The highest BCUT2D eigenvalue weighted by Gasteiger charge is 2.28. The molecular weight excluding hydrogens is 280 g/mol. The molecule has 2 heterocycles. The quantitative estimate of drug-likeness (QED) is 0.826. The van der Waals surface area contributed by atoms with Crippen LogP contribution in [0.25, 0.3) is 0 Å². The molecule has 3 nitrogen and oxygen atoms in total. The minimum Gasteiger partial charge on any atom is -0.363 e. The van der Waals surface area contributed by atoms with Crippen LogP contribution in [0, 0.1) is 5.92 Å². The number of anilines is 1. The maximum absolute atomic E-state index is 12.6. The van der Waals surface area contributed by atoms with Gasteiger partial charge in [0.05, 0.1) is 9.88 Å². The molecule has 21 heavy (non-hydrogen) atoms. The van der Waals surface area contributed by atoms with E-state index in [0.29, 0.717) is 0 Å². The molecular formula is C17H26N2OS. The van der Waals surface area contributed by atoms with Crippen LogP contribution in [0.4, 0.5) is 5.00 Å². The second-order valence-electron chi connectivity index (χ2n) is 6.26. The first kappa shape index (κ1) is 14.9. The number of amides is 1. The average Bonchev–Trinajstić information content (AvgIpc) is 3.24. The molecule has 0 atom stereocenters. The van der Waals surface area contributed by atoms with Crippen molar-refractivity contribution in [3.8, 4) is 0 Å². The summed E-state index contributed by atoms with van der Waals surface area (Å²) in [6.07, 6.45) is 6.46. The van der Waals surface area contributed by atoms with Crippen LogP contribution >= 0.6 is 11.3 Å². The summed E-state index contributed by atoms with van der Waals surface area (Å²) < 4.78 is 0. The predicted molar refractivity (Wildman–Crippen MR) is 89.4 cm³/mol. The van der Waals surface area contributed by atoms with Gasteiger partial charge in [-0.15, -0.1) is 11.3 Å². The lowest BCUT2D eigenvalue weighted by Gasteiger charge is -2.22. The third kappa shape index (κ3) is 3.25. The lowest BCUT2D eigenvalue weighted by Crippen LogP contribution is -2.29. The van der Waals surface area contributed by atoms with E-state index in [1.54, 1.807) is 11.3 Å². The molecule has 4 heteroatoms. The molecule has 1 fully saturated rings. The molecule has 0 spiro atoms. The molecule has 1 aromatic rings. The lowest BCUT2D eigenvalue weighted by molar-refractivity contribution is 0.0778. The van der Waals surface area contributed by atoms with Gasteiger partial charge in [-0.25, -0.2) is 0 Å². The maximum Gasteiger partial charge on any atom is 0.263 e. The van der Waals surface area contributed by atoms with Gasteiger partial charge in [-0.3, -0.25) is 4.79 Å². The molecule has 0 unspecified atom stereocenters. The standard InChI is InChI=1S/C17H26N2OS/c1-3-18(4-2)16(20)15-11-14-7-5-6-10-19(17(14)21-15)12-13-8-9-13/h11,13H,3-10,12H2,1-2H3. The number of hydrogen-bond acceptors (Lipinski definition) is 3. The summed E-state index contributed by atoms with van der Waals surface area (Å²) in [5.74, 6) is 1.12. The van der Waals surface area contributed by atoms with Crippen molar-refractivity contribution < 1.29 is 4.79 Å². The summed E-state index contributed by atoms with van der Waals surface area (Å²) in [7, 11) is 0. The Labute approximate surface area is 131 Å². The number of nitrogens with zero attached hydrogens (tertiary/aromatic N) is 2. The zero-order chi connectivity index (χ0) is 14.8. The summed E-state index contributed by atoms with van der Waals surface area (Å²) in [6.45, 7) is 8.07. The smallest absolute Gasteiger partial charge is 0.263 e. The molecule has 1 aliphatic heterocycles. The van der Waals surface area contributed by atoms with E-state index in [-0.39, 0.29) is 5.91 Å². The lowest BCUT2D eigenvalue weighted by atomic mass is 10.1. The van der Waals surface area contributed by atoms with Crippen LogP contribution < -0.4 is 4.90 Å². The van der Waals surface area contributed by atoms with Crippen molar-refractivity contribution in [3.63, 3.8) is 0 Å². The first-order valence-corrected chi connectivity index (χ1v) is 9.21. The third-order valence-electron chi connectivity index (χ3n) is 4.63. The fraction of sp³-hybridized carbons (Fsp3) is 0.706. The molecule has 1 saturated carbocycles. The number of carbonyl (C=O) groups excluding carboxylic acids is 1. The number of thiophene rings is 1. The van der Waals surface area contributed by atoms with Gasteiger partial charge in [0, 0.05) is 26.2 Å². The van der Waals surface area contributed by atoms with E-state index in [1.165, 1.54) is 49.3 Å². The maximum atomic E-state index is 12.6. The zero-order valence-corrected chi connectivity index (χ0v) is 14.0. The van der Waals surface area contributed by atoms with E-state index < -0.39 is 0 Å². The summed E-state index contributed by atoms with van der Waals surface area (Å²) in [4.78, 5) is 18.0. The summed E-state index contributed by atoms with van der Waals surface area (Å²) in [6, 6.07) is 2.17. The Kier molecular flexibility index (Phi) is 4.53. The van der Waals surface area contributed by atoms with E-state index in [1.807, 2.05) is 4.90 Å². The number of aryl methyl sites for hydroxylation is 1. The molecule has 0 N–H and O–H groups in total. The molecule has 0 radical (unpaired) electrons. The highest BCUT2D eigenvalue weighted by molar-refractivity contribution is 7.18. The third-order valence-corrected chi connectivity index (χ3v) is 5.86. The Balaban J connectivity index is 1.83. The minimum atomic E-state index is 0.212. The van der Waals surface area contributed by atoms with Crippen LogP contribution in [-0.2, 0) is 6.42 Å². The van der Waals surface area contributed by atoms with E-state index in [9.17, 15) is 4.79 Å². The number of carbonyl (C=O) groups is 1. The van der Waals surface area contributed by atoms with E-state index in [0.717, 1.165) is 30.3 Å². The Morgan fingerprint density at radius 2 is 2.10 bits per heavy atom. The van der Waals surface area contributed by atoms with Crippen molar-refractivity contribution in [1.82, 2.24) is 4.90 Å². The van der Waals surface area contributed by atoms with Gasteiger partial charge in [0.15, 0.2) is 0 Å². The molecule has 1 amide bonds. The Hall–Kier alpha value is -1.03. The van der Waals surface area contributed by atoms with Crippen LogP contribution in [-0.4, -0.2) is 37.0 Å². The topological polar surface area (TPSA) is 23.6 Å². The van der Waals surface area contributed by atoms with Crippen LogP contribution in [0.15, 0.2) is 6.07 Å². The monoisotopic (exact) mass is 306 g/mol. The van der Waals surface area contributed by atoms with E-state index >= 15 is 0 Å². The Morgan fingerprint density at radius 3 is 2.76 bits per heavy atom. The van der Waals surface area contributed by atoms with Gasteiger partial charge in [-0.1, -0.05) is 0 Å². The second kappa shape index (κ2) is 6.39. The largest absolute Gasteiger partial charge is 0.363 e. The van der Waals surface area contributed by atoms with Gasteiger partial charge in [-0.05, 0) is 63.5 Å². The van der Waals surface area contributed by atoms with Gasteiger partial charge in [0.2, 0.25) is 0 Å². The molecule has 1 aliphatic carbocycles. The predicted octanol–water partition coefficient (Wildman–Crippen LogP) is 3.78. The summed E-state index contributed by atoms with van der Waals surface area (Å²) in [5, 5.41) is 1.38. The molecule has 0 bridgehead atoms.